The van der Waals surface area contributed by atoms with Crippen LogP contribution in [0.2, 0.25) is 0 Å². The molecule has 1 fully saturated rings. The first kappa shape index (κ1) is 13.3. The van der Waals surface area contributed by atoms with Crippen molar-refractivity contribution >= 4 is 10.1 Å². The van der Waals surface area contributed by atoms with Crippen LogP contribution in [0.25, 0.3) is 0 Å². The van der Waals surface area contributed by atoms with Crippen molar-refractivity contribution in [3.05, 3.63) is 41.5 Å². The van der Waals surface area contributed by atoms with Crippen molar-refractivity contribution < 1.29 is 15.3 Å². The third-order valence-corrected chi connectivity index (χ3v) is 6.52. The Hall–Kier alpha value is -1.13. The molecule has 1 aromatic rings. The van der Waals surface area contributed by atoms with Gasteiger partial charge in [-0.05, 0) is 55.6 Å². The molecule has 0 N–H and O–H groups in total. The molecule has 0 heterocycles. The summed E-state index contributed by atoms with van der Waals surface area (Å²) in [6.45, 7) is 4.03. The standard InChI is InChI=1S/C18H24O3S/c1-13-4-8-16(9-5-13)22(19,20)21-11-10-14-6-7-15-12-17(14)18(15,2)3/h4-6,8-9,15,17H,7,10-12H2,1-3H3/t15-,17-/m0/s1/i11D2. The molecule has 1 aromatic carbocycles. The summed E-state index contributed by atoms with van der Waals surface area (Å²) in [5.74, 6) is 0.992. The Morgan fingerprint density at radius 1 is 1.32 bits per heavy atom. The zero-order valence-corrected chi connectivity index (χ0v) is 14.1. The summed E-state index contributed by atoms with van der Waals surface area (Å²) in [5.41, 5.74) is 2.11. The van der Waals surface area contributed by atoms with Gasteiger partial charge in [0, 0.05) is 0 Å². The fraction of sp³-hybridized carbons (Fsp3) is 0.556. The van der Waals surface area contributed by atoms with E-state index in [0.717, 1.165) is 24.0 Å². The molecule has 3 aliphatic rings. The molecule has 0 unspecified atom stereocenters. The predicted octanol–water partition coefficient (Wildman–Crippen LogP) is 4.08. The van der Waals surface area contributed by atoms with Crippen LogP contribution in [0.5, 0.6) is 0 Å². The molecule has 0 saturated heterocycles. The van der Waals surface area contributed by atoms with Crippen LogP contribution in [0.1, 0.15) is 41.4 Å². The topological polar surface area (TPSA) is 43.4 Å². The lowest BCUT2D eigenvalue weighted by atomic mass is 9.48. The van der Waals surface area contributed by atoms with E-state index in [2.05, 4.69) is 19.9 Å². The molecule has 1 saturated carbocycles. The highest BCUT2D eigenvalue weighted by Gasteiger charge is 2.50. The van der Waals surface area contributed by atoms with Crippen LogP contribution in [0.3, 0.4) is 0 Å². The highest BCUT2D eigenvalue weighted by atomic mass is 32.2. The maximum absolute atomic E-state index is 12.3. The van der Waals surface area contributed by atoms with E-state index in [9.17, 15) is 8.42 Å². The van der Waals surface area contributed by atoms with Crippen LogP contribution in [-0.4, -0.2) is 15.0 Å². The van der Waals surface area contributed by atoms with Crippen LogP contribution in [0.15, 0.2) is 40.8 Å². The van der Waals surface area contributed by atoms with Gasteiger partial charge in [0.05, 0.1) is 14.2 Å². The monoisotopic (exact) mass is 322 g/mol. The molecule has 3 nitrogen and oxygen atoms in total. The lowest BCUT2D eigenvalue weighted by Crippen LogP contribution is -2.48. The second kappa shape index (κ2) is 5.50. The summed E-state index contributed by atoms with van der Waals surface area (Å²) in [5, 5.41) is 0. The second-order valence-electron chi connectivity index (χ2n) is 6.99. The van der Waals surface area contributed by atoms with Crippen LogP contribution < -0.4 is 0 Å². The number of allylic oxidation sites excluding steroid dienone is 1. The molecule has 2 bridgehead atoms. The molecule has 0 aromatic heterocycles. The fourth-order valence-corrected chi connectivity index (χ4v) is 4.40. The maximum Gasteiger partial charge on any atom is 0.296 e. The summed E-state index contributed by atoms with van der Waals surface area (Å²) in [7, 11) is -4.12. The van der Waals surface area contributed by atoms with E-state index < -0.39 is 16.7 Å². The van der Waals surface area contributed by atoms with Gasteiger partial charge >= 0.3 is 0 Å². The molecular formula is C18H24O3S. The summed E-state index contributed by atoms with van der Waals surface area (Å²) in [6, 6.07) is 6.24. The van der Waals surface area contributed by atoms with Crippen LogP contribution >= 0.6 is 0 Å². The van der Waals surface area contributed by atoms with E-state index in [1.165, 1.54) is 12.1 Å². The van der Waals surface area contributed by atoms with Gasteiger partial charge in [-0.1, -0.05) is 43.2 Å². The Kier molecular flexibility index (Phi) is 3.33. The van der Waals surface area contributed by atoms with Gasteiger partial charge in [0.1, 0.15) is 0 Å². The Bertz CT molecular complexity index is 764. The van der Waals surface area contributed by atoms with Crippen molar-refractivity contribution in [1.82, 2.24) is 0 Å². The van der Waals surface area contributed by atoms with Crippen molar-refractivity contribution in [2.24, 2.45) is 17.3 Å². The van der Waals surface area contributed by atoms with Crippen LogP contribution in [-0.2, 0) is 14.3 Å². The van der Waals surface area contributed by atoms with Gasteiger partial charge in [-0.3, -0.25) is 4.18 Å². The summed E-state index contributed by atoms with van der Waals surface area (Å²) in [6.07, 6.45) is 4.09. The number of rotatable bonds is 5. The second-order valence-corrected chi connectivity index (χ2v) is 8.54. The van der Waals surface area contributed by atoms with E-state index in [-0.39, 0.29) is 16.7 Å². The number of hydrogen-bond donors (Lipinski definition) is 0. The average Bonchev–Trinajstić information content (AvgIpc) is 2.45. The van der Waals surface area contributed by atoms with Crippen LogP contribution in [0.4, 0.5) is 0 Å². The van der Waals surface area contributed by atoms with E-state index >= 15 is 0 Å². The highest BCUT2D eigenvalue weighted by molar-refractivity contribution is 7.86. The summed E-state index contributed by atoms with van der Waals surface area (Å²) >= 11 is 0. The first-order valence-corrected chi connectivity index (χ1v) is 9.13. The Balaban J connectivity index is 1.74. The smallest absolute Gasteiger partial charge is 0.266 e. The van der Waals surface area contributed by atoms with Gasteiger partial charge in [-0.15, -0.1) is 0 Å². The maximum atomic E-state index is 12.3. The first-order chi connectivity index (χ1) is 11.0. The van der Waals surface area contributed by atoms with E-state index in [1.54, 1.807) is 12.1 Å². The lowest BCUT2D eigenvalue weighted by molar-refractivity contribution is -0.00910. The summed E-state index contributed by atoms with van der Waals surface area (Å²) < 4.78 is 45.8. The fourth-order valence-electron chi connectivity index (χ4n) is 3.62. The Labute approximate surface area is 136 Å². The zero-order valence-electron chi connectivity index (χ0n) is 15.3. The van der Waals surface area contributed by atoms with Gasteiger partial charge < -0.3 is 0 Å². The highest BCUT2D eigenvalue weighted by Crippen LogP contribution is 2.59. The molecule has 3 aliphatic carbocycles. The molecule has 0 aliphatic heterocycles. The predicted molar refractivity (Wildman–Crippen MR) is 87.0 cm³/mol. The molecular weight excluding hydrogens is 296 g/mol. The Morgan fingerprint density at radius 2 is 2.00 bits per heavy atom. The minimum absolute atomic E-state index is 0.00108. The van der Waals surface area contributed by atoms with Crippen molar-refractivity contribution in [2.45, 2.75) is 44.9 Å². The van der Waals surface area contributed by atoms with E-state index in [0.29, 0.717) is 11.8 Å². The van der Waals surface area contributed by atoms with Gasteiger partial charge in [0.2, 0.25) is 0 Å². The zero-order chi connectivity index (χ0) is 17.8. The number of aryl methyl sites for hydroxylation is 1. The number of fused-ring (bicyclic) bond motifs is 1. The minimum atomic E-state index is -4.12. The quantitative estimate of drug-likeness (QED) is 0.606. The van der Waals surface area contributed by atoms with Gasteiger partial charge in [0.25, 0.3) is 10.1 Å². The van der Waals surface area contributed by atoms with Crippen molar-refractivity contribution in [3.63, 3.8) is 0 Å². The van der Waals surface area contributed by atoms with Gasteiger partial charge in [0.15, 0.2) is 0 Å². The number of benzene rings is 1. The van der Waals surface area contributed by atoms with Crippen LogP contribution in [0, 0.1) is 24.2 Å². The molecule has 0 amide bonds. The SMILES string of the molecule is [2H]C([2H])(CC1=CC[C@H]2C[C@@H]1C2(C)C)OS(=O)(=O)c1ccc(C)cc1. The van der Waals surface area contributed by atoms with Crippen molar-refractivity contribution in [1.29, 1.82) is 0 Å². The van der Waals surface area contributed by atoms with E-state index in [1.807, 2.05) is 6.92 Å². The third kappa shape index (κ3) is 2.74. The average molecular weight is 322 g/mol. The normalized spacial score (nSPS) is 28.2. The molecule has 22 heavy (non-hydrogen) atoms. The minimum Gasteiger partial charge on any atom is -0.266 e. The molecule has 4 heteroatoms. The first-order valence-electron chi connectivity index (χ1n) is 8.72. The molecule has 120 valence electrons. The lowest BCUT2D eigenvalue weighted by Gasteiger charge is -2.56. The van der Waals surface area contributed by atoms with Crippen molar-refractivity contribution in [2.75, 3.05) is 6.56 Å². The molecule has 2 atom stereocenters. The third-order valence-electron chi connectivity index (χ3n) is 5.34. The Morgan fingerprint density at radius 3 is 2.59 bits per heavy atom. The number of hydrogen-bond acceptors (Lipinski definition) is 3. The van der Waals surface area contributed by atoms with Crippen molar-refractivity contribution in [3.8, 4) is 0 Å². The molecule has 4 rings (SSSR count). The van der Waals surface area contributed by atoms with Gasteiger partial charge in [-0.2, -0.15) is 8.42 Å². The molecule has 0 radical (unpaired) electrons. The summed E-state index contributed by atoms with van der Waals surface area (Å²) in [4.78, 5) is -0.0152. The van der Waals surface area contributed by atoms with Gasteiger partial charge in [-0.25, -0.2) is 0 Å². The largest absolute Gasteiger partial charge is 0.296 e. The molecule has 0 spiro atoms. The van der Waals surface area contributed by atoms with E-state index in [4.69, 9.17) is 6.92 Å².